The van der Waals surface area contributed by atoms with Crippen molar-refractivity contribution in [3.05, 3.63) is 53.1 Å². The molecular weight excluding hydrogens is 338 g/mol. The molecule has 0 bridgehead atoms. The maximum atomic E-state index is 12.4. The van der Waals surface area contributed by atoms with E-state index in [1.807, 2.05) is 18.2 Å². The van der Waals surface area contributed by atoms with Crippen molar-refractivity contribution in [2.75, 3.05) is 50.6 Å². The van der Waals surface area contributed by atoms with Gasteiger partial charge in [0, 0.05) is 42.5 Å². The van der Waals surface area contributed by atoms with Gasteiger partial charge in [-0.2, -0.15) is 0 Å². The van der Waals surface area contributed by atoms with Crippen LogP contribution in [0.5, 0.6) is 5.75 Å². The lowest BCUT2D eigenvalue weighted by Gasteiger charge is -2.34. The average molecular weight is 360 g/mol. The fourth-order valence-electron chi connectivity index (χ4n) is 2.87. The first kappa shape index (κ1) is 17.6. The van der Waals surface area contributed by atoms with Crippen molar-refractivity contribution in [2.45, 2.75) is 0 Å². The van der Waals surface area contributed by atoms with Crippen LogP contribution in [0.2, 0.25) is 5.02 Å². The minimum absolute atomic E-state index is 0.161. The van der Waals surface area contributed by atoms with Crippen molar-refractivity contribution in [3.8, 4) is 5.75 Å². The zero-order valence-corrected chi connectivity index (χ0v) is 15.2. The molecule has 1 fully saturated rings. The Kier molecular flexibility index (Phi) is 5.46. The second-order valence-corrected chi connectivity index (χ2v) is 6.57. The SMILES string of the molecule is COc1ccc(NC(=O)c2ccc(Cl)cc2)cc1N1CCN(C)CC1. The quantitative estimate of drug-likeness (QED) is 0.909. The highest BCUT2D eigenvalue weighted by molar-refractivity contribution is 6.30. The van der Waals surface area contributed by atoms with Crippen LogP contribution in [0.15, 0.2) is 42.5 Å². The number of hydrogen-bond acceptors (Lipinski definition) is 4. The molecule has 0 atom stereocenters. The summed E-state index contributed by atoms with van der Waals surface area (Å²) in [6.45, 7) is 3.87. The van der Waals surface area contributed by atoms with Crippen molar-refractivity contribution in [2.24, 2.45) is 0 Å². The summed E-state index contributed by atoms with van der Waals surface area (Å²) in [5.74, 6) is 0.653. The van der Waals surface area contributed by atoms with Gasteiger partial charge >= 0.3 is 0 Å². The van der Waals surface area contributed by atoms with Gasteiger partial charge in [0.2, 0.25) is 0 Å². The first-order valence-corrected chi connectivity index (χ1v) is 8.63. The molecule has 1 heterocycles. The molecule has 1 saturated heterocycles. The van der Waals surface area contributed by atoms with Gasteiger partial charge in [-0.05, 0) is 49.5 Å². The Morgan fingerprint density at radius 1 is 1.08 bits per heavy atom. The molecule has 0 aromatic heterocycles. The Bertz CT molecular complexity index is 741. The summed E-state index contributed by atoms with van der Waals surface area (Å²) in [5.41, 5.74) is 2.32. The third-order valence-electron chi connectivity index (χ3n) is 4.39. The van der Waals surface area contributed by atoms with Crippen molar-refractivity contribution in [1.82, 2.24) is 4.90 Å². The largest absolute Gasteiger partial charge is 0.495 e. The second kappa shape index (κ2) is 7.76. The highest BCUT2D eigenvalue weighted by Crippen LogP contribution is 2.32. The molecule has 2 aromatic carbocycles. The van der Waals surface area contributed by atoms with Crippen molar-refractivity contribution in [1.29, 1.82) is 0 Å². The van der Waals surface area contributed by atoms with Crippen molar-refractivity contribution < 1.29 is 9.53 Å². The Balaban J connectivity index is 1.79. The Labute approximate surface area is 153 Å². The zero-order valence-electron chi connectivity index (χ0n) is 14.5. The molecule has 0 unspecified atom stereocenters. The van der Waals surface area contributed by atoms with Crippen LogP contribution in [0, 0.1) is 0 Å². The molecule has 0 saturated carbocycles. The van der Waals surface area contributed by atoms with Crippen LogP contribution in [0.25, 0.3) is 0 Å². The number of carbonyl (C=O) groups excluding carboxylic acids is 1. The summed E-state index contributed by atoms with van der Waals surface area (Å²) in [7, 11) is 3.79. The van der Waals surface area contributed by atoms with E-state index in [-0.39, 0.29) is 5.91 Å². The predicted octanol–water partition coefficient (Wildman–Crippen LogP) is 3.35. The molecule has 0 radical (unpaired) electrons. The number of halogens is 1. The van der Waals surface area contributed by atoms with Crippen LogP contribution < -0.4 is 15.0 Å². The summed E-state index contributed by atoms with van der Waals surface area (Å²) in [5, 5.41) is 3.55. The van der Waals surface area contributed by atoms with E-state index in [1.165, 1.54) is 0 Å². The van der Waals surface area contributed by atoms with Crippen LogP contribution in [0.1, 0.15) is 10.4 Å². The van der Waals surface area contributed by atoms with E-state index in [0.29, 0.717) is 10.6 Å². The average Bonchev–Trinajstić information content (AvgIpc) is 2.63. The molecular formula is C19H22ClN3O2. The Morgan fingerprint density at radius 3 is 2.40 bits per heavy atom. The lowest BCUT2D eigenvalue weighted by atomic mass is 10.2. The number of piperazine rings is 1. The van der Waals surface area contributed by atoms with Gasteiger partial charge in [-0.15, -0.1) is 0 Å². The van der Waals surface area contributed by atoms with Crippen LogP contribution in [0.3, 0.4) is 0 Å². The van der Waals surface area contributed by atoms with Gasteiger partial charge in [0.1, 0.15) is 5.75 Å². The number of methoxy groups -OCH3 is 1. The summed E-state index contributed by atoms with van der Waals surface area (Å²) < 4.78 is 5.50. The highest BCUT2D eigenvalue weighted by atomic mass is 35.5. The lowest BCUT2D eigenvalue weighted by molar-refractivity contribution is 0.102. The Hall–Kier alpha value is -2.24. The number of amides is 1. The standard InChI is InChI=1S/C19H22ClN3O2/c1-22-9-11-23(12-10-22)17-13-16(7-8-18(17)25-2)21-19(24)14-3-5-15(20)6-4-14/h3-8,13H,9-12H2,1-2H3,(H,21,24). The molecule has 132 valence electrons. The molecule has 0 aliphatic carbocycles. The van der Waals surface area contributed by atoms with Gasteiger partial charge in [-0.25, -0.2) is 0 Å². The smallest absolute Gasteiger partial charge is 0.255 e. The van der Waals surface area contributed by atoms with E-state index in [1.54, 1.807) is 31.4 Å². The number of ether oxygens (including phenoxy) is 1. The van der Waals surface area contributed by atoms with E-state index in [0.717, 1.165) is 43.3 Å². The van der Waals surface area contributed by atoms with E-state index in [9.17, 15) is 4.79 Å². The first-order valence-electron chi connectivity index (χ1n) is 8.25. The fourth-order valence-corrected chi connectivity index (χ4v) is 2.99. The van der Waals surface area contributed by atoms with E-state index < -0.39 is 0 Å². The van der Waals surface area contributed by atoms with Gasteiger partial charge in [-0.1, -0.05) is 11.6 Å². The minimum Gasteiger partial charge on any atom is -0.495 e. The number of nitrogens with one attached hydrogen (secondary N) is 1. The molecule has 1 N–H and O–H groups in total. The molecule has 6 heteroatoms. The molecule has 25 heavy (non-hydrogen) atoms. The lowest BCUT2D eigenvalue weighted by Crippen LogP contribution is -2.44. The predicted molar refractivity (Wildman–Crippen MR) is 102 cm³/mol. The molecule has 3 rings (SSSR count). The molecule has 2 aromatic rings. The normalized spacial score (nSPS) is 15.1. The van der Waals surface area contributed by atoms with Gasteiger partial charge in [0.05, 0.1) is 12.8 Å². The maximum Gasteiger partial charge on any atom is 0.255 e. The highest BCUT2D eigenvalue weighted by Gasteiger charge is 2.18. The number of hydrogen-bond donors (Lipinski definition) is 1. The summed E-state index contributed by atoms with van der Waals surface area (Å²) in [6.07, 6.45) is 0. The van der Waals surface area contributed by atoms with E-state index in [4.69, 9.17) is 16.3 Å². The zero-order chi connectivity index (χ0) is 17.8. The van der Waals surface area contributed by atoms with Crippen LogP contribution in [-0.2, 0) is 0 Å². The molecule has 5 nitrogen and oxygen atoms in total. The monoisotopic (exact) mass is 359 g/mol. The summed E-state index contributed by atoms with van der Waals surface area (Å²) in [6, 6.07) is 12.6. The topological polar surface area (TPSA) is 44.8 Å². The van der Waals surface area contributed by atoms with E-state index >= 15 is 0 Å². The number of anilines is 2. The van der Waals surface area contributed by atoms with Gasteiger partial charge in [0.25, 0.3) is 5.91 Å². The van der Waals surface area contributed by atoms with Gasteiger partial charge < -0.3 is 19.9 Å². The van der Waals surface area contributed by atoms with Gasteiger partial charge in [-0.3, -0.25) is 4.79 Å². The molecule has 1 aliphatic heterocycles. The maximum absolute atomic E-state index is 12.4. The number of likely N-dealkylation sites (N-methyl/N-ethyl adjacent to an activating group) is 1. The number of nitrogens with zero attached hydrogens (tertiary/aromatic N) is 2. The number of rotatable bonds is 4. The van der Waals surface area contributed by atoms with E-state index in [2.05, 4.69) is 22.2 Å². The molecule has 1 amide bonds. The number of carbonyl (C=O) groups is 1. The van der Waals surface area contributed by atoms with Crippen LogP contribution >= 0.6 is 11.6 Å². The second-order valence-electron chi connectivity index (χ2n) is 6.14. The summed E-state index contributed by atoms with van der Waals surface area (Å²) in [4.78, 5) is 17.0. The Morgan fingerprint density at radius 2 is 1.76 bits per heavy atom. The molecule has 1 aliphatic rings. The van der Waals surface area contributed by atoms with Crippen LogP contribution in [-0.4, -0.2) is 51.1 Å². The summed E-state index contributed by atoms with van der Waals surface area (Å²) >= 11 is 5.87. The third kappa shape index (κ3) is 4.24. The van der Waals surface area contributed by atoms with Gasteiger partial charge in [0.15, 0.2) is 0 Å². The minimum atomic E-state index is -0.161. The first-order chi connectivity index (χ1) is 12.1. The molecule has 0 spiro atoms. The van der Waals surface area contributed by atoms with Crippen molar-refractivity contribution in [3.63, 3.8) is 0 Å². The van der Waals surface area contributed by atoms with Crippen LogP contribution in [0.4, 0.5) is 11.4 Å². The fraction of sp³-hybridized carbons (Fsp3) is 0.316. The third-order valence-corrected chi connectivity index (χ3v) is 4.64. The van der Waals surface area contributed by atoms with Crippen molar-refractivity contribution >= 4 is 28.9 Å². The number of benzene rings is 2.